The highest BCUT2D eigenvalue weighted by Gasteiger charge is 2.23. The van der Waals surface area contributed by atoms with Crippen molar-refractivity contribution >= 4 is 15.7 Å². The normalized spacial score (nSPS) is 13.4. The minimum atomic E-state index is -3.49. The molecule has 1 atom stereocenters. The van der Waals surface area contributed by atoms with Gasteiger partial charge in [0.2, 0.25) is 10.0 Å². The Morgan fingerprint density at radius 3 is 2.35 bits per heavy atom. The van der Waals surface area contributed by atoms with Crippen LogP contribution in [0.5, 0.6) is 0 Å². The lowest BCUT2D eigenvalue weighted by molar-refractivity contribution is 0.437. The average Bonchev–Trinajstić information content (AvgIpc) is 2.42. The number of rotatable bonds is 8. The van der Waals surface area contributed by atoms with Crippen LogP contribution in [0.4, 0.5) is 5.69 Å². The van der Waals surface area contributed by atoms with Crippen molar-refractivity contribution in [3.05, 3.63) is 24.3 Å². The number of hydrogen-bond donors (Lipinski definition) is 2. The van der Waals surface area contributed by atoms with Crippen LogP contribution in [0.2, 0.25) is 0 Å². The van der Waals surface area contributed by atoms with E-state index in [0.717, 1.165) is 19.4 Å². The average molecular weight is 298 g/mol. The molecule has 4 nitrogen and oxygen atoms in total. The Labute approximate surface area is 123 Å². The lowest BCUT2D eigenvalue weighted by Crippen LogP contribution is -2.38. The van der Waals surface area contributed by atoms with E-state index in [9.17, 15) is 8.42 Å². The molecular weight excluding hydrogens is 272 g/mol. The van der Waals surface area contributed by atoms with Gasteiger partial charge in [0, 0.05) is 12.6 Å². The van der Waals surface area contributed by atoms with Crippen molar-refractivity contribution in [1.29, 1.82) is 0 Å². The van der Waals surface area contributed by atoms with Crippen molar-refractivity contribution < 1.29 is 8.42 Å². The number of benzene rings is 1. The highest BCUT2D eigenvalue weighted by Crippen LogP contribution is 2.22. The molecule has 0 heterocycles. The molecular formula is C15H26N2O2S. The highest BCUT2D eigenvalue weighted by molar-refractivity contribution is 7.89. The first-order chi connectivity index (χ1) is 9.42. The molecule has 0 spiro atoms. The van der Waals surface area contributed by atoms with Crippen molar-refractivity contribution in [3.8, 4) is 0 Å². The smallest absolute Gasteiger partial charge is 0.242 e. The summed E-state index contributed by atoms with van der Waals surface area (Å²) in [7, 11) is -3.49. The molecule has 0 bridgehead atoms. The maximum atomic E-state index is 12.5. The lowest BCUT2D eigenvalue weighted by Gasteiger charge is -2.21. The fraction of sp³-hybridized carbons (Fsp3) is 0.600. The van der Waals surface area contributed by atoms with Gasteiger partial charge in [0.25, 0.3) is 0 Å². The molecule has 0 amide bonds. The predicted molar refractivity (Wildman–Crippen MR) is 84.5 cm³/mol. The monoisotopic (exact) mass is 298 g/mol. The molecule has 1 rings (SSSR count). The minimum absolute atomic E-state index is 0.0424. The molecule has 0 aliphatic carbocycles. The Hall–Kier alpha value is -1.07. The van der Waals surface area contributed by atoms with E-state index in [1.54, 1.807) is 18.2 Å². The Bertz CT molecular complexity index is 512. The van der Waals surface area contributed by atoms with Crippen molar-refractivity contribution in [2.45, 2.75) is 51.5 Å². The molecule has 0 aliphatic rings. The second-order valence-corrected chi connectivity index (χ2v) is 6.99. The van der Waals surface area contributed by atoms with Gasteiger partial charge < -0.3 is 5.32 Å². The van der Waals surface area contributed by atoms with Crippen LogP contribution >= 0.6 is 0 Å². The summed E-state index contributed by atoms with van der Waals surface area (Å²) in [6.07, 6.45) is 1.73. The van der Waals surface area contributed by atoms with Gasteiger partial charge in [-0.05, 0) is 30.9 Å². The Morgan fingerprint density at radius 1 is 1.15 bits per heavy atom. The third kappa shape index (κ3) is 4.49. The molecule has 1 unspecified atom stereocenters. The molecule has 0 saturated carbocycles. The van der Waals surface area contributed by atoms with Crippen LogP contribution in [0.15, 0.2) is 29.2 Å². The summed E-state index contributed by atoms with van der Waals surface area (Å²) in [6.45, 7) is 8.85. The number of anilines is 1. The van der Waals surface area contributed by atoms with Crippen LogP contribution < -0.4 is 10.0 Å². The fourth-order valence-corrected chi connectivity index (χ4v) is 3.71. The second kappa shape index (κ2) is 7.64. The summed E-state index contributed by atoms with van der Waals surface area (Å²) < 4.78 is 27.9. The van der Waals surface area contributed by atoms with E-state index in [2.05, 4.69) is 10.0 Å². The van der Waals surface area contributed by atoms with Gasteiger partial charge in [0.15, 0.2) is 0 Å². The molecule has 114 valence electrons. The van der Waals surface area contributed by atoms with Gasteiger partial charge in [0.1, 0.15) is 4.90 Å². The first-order valence-corrected chi connectivity index (χ1v) is 8.75. The summed E-state index contributed by atoms with van der Waals surface area (Å²) in [5.41, 5.74) is 0.667. The number of nitrogens with one attached hydrogen (secondary N) is 2. The molecule has 0 fully saturated rings. The van der Waals surface area contributed by atoms with E-state index in [4.69, 9.17) is 0 Å². The van der Waals surface area contributed by atoms with E-state index >= 15 is 0 Å². The van der Waals surface area contributed by atoms with Gasteiger partial charge in [0.05, 0.1) is 5.69 Å². The third-order valence-corrected chi connectivity index (χ3v) is 4.84. The van der Waals surface area contributed by atoms with Crippen LogP contribution in [0.25, 0.3) is 0 Å². The quantitative estimate of drug-likeness (QED) is 0.774. The van der Waals surface area contributed by atoms with Crippen LogP contribution in [0.1, 0.15) is 40.5 Å². The van der Waals surface area contributed by atoms with Gasteiger partial charge >= 0.3 is 0 Å². The first-order valence-electron chi connectivity index (χ1n) is 7.27. The fourth-order valence-electron chi connectivity index (χ4n) is 2.06. The van der Waals surface area contributed by atoms with E-state index in [1.165, 1.54) is 0 Å². The molecule has 2 N–H and O–H groups in total. The highest BCUT2D eigenvalue weighted by atomic mass is 32.2. The predicted octanol–water partition coefficient (Wildman–Crippen LogP) is 3.22. The van der Waals surface area contributed by atoms with Gasteiger partial charge in [-0.2, -0.15) is 0 Å². The van der Waals surface area contributed by atoms with Crippen molar-refractivity contribution in [2.24, 2.45) is 5.92 Å². The number of sulfonamides is 1. The lowest BCUT2D eigenvalue weighted by atomic mass is 10.0. The Kier molecular flexibility index (Phi) is 6.49. The van der Waals surface area contributed by atoms with Crippen molar-refractivity contribution in [1.82, 2.24) is 4.72 Å². The Balaban J connectivity index is 3.02. The third-order valence-electron chi connectivity index (χ3n) is 3.29. The van der Waals surface area contributed by atoms with Gasteiger partial charge in [-0.3, -0.25) is 0 Å². The zero-order chi connectivity index (χ0) is 15.2. The summed E-state index contributed by atoms with van der Waals surface area (Å²) in [5.74, 6) is 0.269. The van der Waals surface area contributed by atoms with Crippen molar-refractivity contribution in [2.75, 3.05) is 11.9 Å². The van der Waals surface area contributed by atoms with E-state index in [-0.39, 0.29) is 12.0 Å². The van der Waals surface area contributed by atoms with E-state index in [1.807, 2.05) is 33.8 Å². The van der Waals surface area contributed by atoms with E-state index < -0.39 is 10.0 Å². The van der Waals surface area contributed by atoms with Crippen molar-refractivity contribution in [3.63, 3.8) is 0 Å². The maximum absolute atomic E-state index is 12.5. The van der Waals surface area contributed by atoms with E-state index in [0.29, 0.717) is 10.6 Å². The standard InChI is InChI=1S/C15H26N2O2S/c1-5-11-16-14-9-7-8-10-15(14)20(18,19)17-13(6-2)12(3)4/h7-10,12-13,16-17H,5-6,11H2,1-4H3. The summed E-state index contributed by atoms with van der Waals surface area (Å²) in [4.78, 5) is 0.326. The molecule has 0 radical (unpaired) electrons. The molecule has 0 saturated heterocycles. The molecule has 5 heteroatoms. The molecule has 1 aromatic carbocycles. The minimum Gasteiger partial charge on any atom is -0.384 e. The second-order valence-electron chi connectivity index (χ2n) is 5.30. The summed E-state index contributed by atoms with van der Waals surface area (Å²) in [6, 6.07) is 7.01. The maximum Gasteiger partial charge on any atom is 0.242 e. The topological polar surface area (TPSA) is 58.2 Å². The zero-order valence-corrected chi connectivity index (χ0v) is 13.6. The van der Waals surface area contributed by atoms with Gasteiger partial charge in [-0.1, -0.05) is 39.8 Å². The number of hydrogen-bond acceptors (Lipinski definition) is 3. The van der Waals surface area contributed by atoms with Gasteiger partial charge in [-0.25, -0.2) is 13.1 Å². The first kappa shape index (κ1) is 17.0. The summed E-state index contributed by atoms with van der Waals surface area (Å²) in [5, 5.41) is 3.17. The largest absolute Gasteiger partial charge is 0.384 e. The van der Waals surface area contributed by atoms with Crippen LogP contribution in [-0.4, -0.2) is 21.0 Å². The number of para-hydroxylation sites is 1. The van der Waals surface area contributed by atoms with Crippen LogP contribution in [-0.2, 0) is 10.0 Å². The Morgan fingerprint density at radius 2 is 1.80 bits per heavy atom. The molecule has 1 aromatic rings. The molecule has 0 aliphatic heterocycles. The molecule has 20 heavy (non-hydrogen) atoms. The summed E-state index contributed by atoms with van der Waals surface area (Å²) >= 11 is 0. The van der Waals surface area contributed by atoms with Gasteiger partial charge in [-0.15, -0.1) is 0 Å². The zero-order valence-electron chi connectivity index (χ0n) is 12.8. The molecule has 0 aromatic heterocycles. The van der Waals surface area contributed by atoms with Crippen LogP contribution in [0.3, 0.4) is 0 Å². The van der Waals surface area contributed by atoms with Crippen LogP contribution in [0, 0.1) is 5.92 Å². The SMILES string of the molecule is CCCNc1ccccc1S(=O)(=O)NC(CC)C(C)C.